The molecule has 1 heterocycles. The van der Waals surface area contributed by atoms with Gasteiger partial charge in [0.15, 0.2) is 0 Å². The molecule has 1 atom stereocenters. The van der Waals surface area contributed by atoms with Crippen LogP contribution in [0.3, 0.4) is 0 Å². The Hall–Kier alpha value is -1.77. The Balaban J connectivity index is 1.77. The van der Waals surface area contributed by atoms with E-state index in [-0.39, 0.29) is 18.0 Å². The maximum atomic E-state index is 12.1. The van der Waals surface area contributed by atoms with Gasteiger partial charge in [0.05, 0.1) is 6.04 Å². The number of benzene rings is 1. The quantitative estimate of drug-likeness (QED) is 0.580. The van der Waals surface area contributed by atoms with Gasteiger partial charge in [0, 0.05) is 17.4 Å². The summed E-state index contributed by atoms with van der Waals surface area (Å²) in [7, 11) is 2.09. The molecule has 1 aliphatic rings. The molecule has 144 valence electrons. The number of nitrogens with one attached hydrogen (secondary N) is 3. The average Bonchev–Trinajstić information content (AvgIpc) is 2.63. The first kappa shape index (κ1) is 20.5. The number of thioether (sulfide) groups is 1. The third-order valence-electron chi connectivity index (χ3n) is 4.43. The standard InChI is InChI=1S/C18H29N5O2S/c1-23-10-7-15(8-11-23)22-18(25)21-14-5-3-13(4-6-14)20-17(24)16(19)9-12-26-2/h3-6,15-16H,7-12,19H2,1-2H3,(H,20,24)(H2,21,22,25)/t16-/m0/s1. The highest BCUT2D eigenvalue weighted by atomic mass is 32.2. The number of rotatable bonds is 7. The topological polar surface area (TPSA) is 99.5 Å². The van der Waals surface area contributed by atoms with Crippen LogP contribution in [0.15, 0.2) is 24.3 Å². The predicted molar refractivity (Wildman–Crippen MR) is 109 cm³/mol. The molecule has 0 bridgehead atoms. The molecule has 1 saturated heterocycles. The van der Waals surface area contributed by atoms with Crippen LogP contribution in [0.2, 0.25) is 0 Å². The van der Waals surface area contributed by atoms with Crippen LogP contribution in [0.25, 0.3) is 0 Å². The molecular formula is C18H29N5O2S. The maximum absolute atomic E-state index is 12.1. The molecule has 0 spiro atoms. The van der Waals surface area contributed by atoms with Crippen LogP contribution in [0, 0.1) is 0 Å². The molecule has 26 heavy (non-hydrogen) atoms. The summed E-state index contributed by atoms with van der Waals surface area (Å²) in [6.07, 6.45) is 4.56. The molecular weight excluding hydrogens is 350 g/mol. The Labute approximate surface area is 159 Å². The molecule has 8 heteroatoms. The molecule has 0 unspecified atom stereocenters. The maximum Gasteiger partial charge on any atom is 0.319 e. The predicted octanol–water partition coefficient (Wildman–Crippen LogP) is 1.92. The fourth-order valence-electron chi connectivity index (χ4n) is 2.75. The number of nitrogens with zero attached hydrogens (tertiary/aromatic N) is 1. The summed E-state index contributed by atoms with van der Waals surface area (Å²) in [4.78, 5) is 26.3. The molecule has 7 nitrogen and oxygen atoms in total. The van der Waals surface area contributed by atoms with Gasteiger partial charge >= 0.3 is 6.03 Å². The molecule has 5 N–H and O–H groups in total. The van der Waals surface area contributed by atoms with Crippen LogP contribution in [-0.2, 0) is 4.79 Å². The molecule has 1 aliphatic heterocycles. The van der Waals surface area contributed by atoms with E-state index in [1.54, 1.807) is 36.0 Å². The molecule has 3 amide bonds. The number of urea groups is 1. The summed E-state index contributed by atoms with van der Waals surface area (Å²) in [6.45, 7) is 2.00. The number of hydrogen-bond acceptors (Lipinski definition) is 5. The van der Waals surface area contributed by atoms with Crippen molar-refractivity contribution < 1.29 is 9.59 Å². The fourth-order valence-corrected chi connectivity index (χ4v) is 3.24. The third-order valence-corrected chi connectivity index (χ3v) is 5.08. The van der Waals surface area contributed by atoms with Crippen LogP contribution in [-0.4, -0.2) is 61.1 Å². The summed E-state index contributed by atoms with van der Waals surface area (Å²) in [5.41, 5.74) is 7.19. The van der Waals surface area contributed by atoms with Crippen molar-refractivity contribution in [3.05, 3.63) is 24.3 Å². The zero-order chi connectivity index (χ0) is 18.9. The fraction of sp³-hybridized carbons (Fsp3) is 0.556. The van der Waals surface area contributed by atoms with Gasteiger partial charge in [-0.05, 0) is 75.7 Å². The van der Waals surface area contributed by atoms with E-state index >= 15 is 0 Å². The van der Waals surface area contributed by atoms with E-state index in [0.29, 0.717) is 17.8 Å². The summed E-state index contributed by atoms with van der Waals surface area (Å²) >= 11 is 1.67. The minimum atomic E-state index is -0.513. The molecule has 0 aromatic heterocycles. The second-order valence-electron chi connectivity index (χ2n) is 6.63. The number of anilines is 2. The van der Waals surface area contributed by atoms with E-state index in [2.05, 4.69) is 27.9 Å². The second kappa shape index (κ2) is 10.4. The van der Waals surface area contributed by atoms with E-state index in [0.717, 1.165) is 31.7 Å². The number of carbonyl (C=O) groups excluding carboxylic acids is 2. The van der Waals surface area contributed by atoms with Crippen LogP contribution in [0.1, 0.15) is 19.3 Å². The smallest absolute Gasteiger partial charge is 0.319 e. The van der Waals surface area contributed by atoms with Gasteiger partial charge < -0.3 is 26.6 Å². The Morgan fingerprint density at radius 3 is 2.35 bits per heavy atom. The van der Waals surface area contributed by atoms with Crippen molar-refractivity contribution in [2.24, 2.45) is 5.73 Å². The highest BCUT2D eigenvalue weighted by molar-refractivity contribution is 7.98. The molecule has 0 radical (unpaired) electrons. The van der Waals surface area contributed by atoms with Crippen LogP contribution in [0.5, 0.6) is 0 Å². The molecule has 0 aliphatic carbocycles. The van der Waals surface area contributed by atoms with Crippen molar-refractivity contribution in [3.8, 4) is 0 Å². The number of amides is 3. The highest BCUT2D eigenvalue weighted by Crippen LogP contribution is 2.15. The largest absolute Gasteiger partial charge is 0.335 e. The number of hydrogen-bond donors (Lipinski definition) is 4. The van der Waals surface area contributed by atoms with Gasteiger partial charge in [-0.15, -0.1) is 0 Å². The lowest BCUT2D eigenvalue weighted by Gasteiger charge is -2.29. The zero-order valence-corrected chi connectivity index (χ0v) is 16.3. The van der Waals surface area contributed by atoms with Crippen molar-refractivity contribution in [2.75, 3.05) is 42.8 Å². The third kappa shape index (κ3) is 6.86. The van der Waals surface area contributed by atoms with Crippen molar-refractivity contribution in [3.63, 3.8) is 0 Å². The van der Waals surface area contributed by atoms with Crippen molar-refractivity contribution in [1.29, 1.82) is 0 Å². The van der Waals surface area contributed by atoms with Crippen molar-refractivity contribution in [1.82, 2.24) is 10.2 Å². The zero-order valence-electron chi connectivity index (χ0n) is 15.5. The Morgan fingerprint density at radius 2 is 1.77 bits per heavy atom. The van der Waals surface area contributed by atoms with E-state index < -0.39 is 6.04 Å². The molecule has 2 rings (SSSR count). The van der Waals surface area contributed by atoms with E-state index in [1.165, 1.54) is 0 Å². The molecule has 0 saturated carbocycles. The molecule has 1 aromatic carbocycles. The average molecular weight is 380 g/mol. The summed E-state index contributed by atoms with van der Waals surface area (Å²) in [5.74, 6) is 0.656. The monoisotopic (exact) mass is 379 g/mol. The van der Waals surface area contributed by atoms with Gasteiger partial charge in [-0.2, -0.15) is 11.8 Å². The van der Waals surface area contributed by atoms with Gasteiger partial charge in [0.2, 0.25) is 5.91 Å². The minimum Gasteiger partial charge on any atom is -0.335 e. The number of piperidine rings is 1. The lowest BCUT2D eigenvalue weighted by atomic mass is 10.1. The normalized spacial score (nSPS) is 16.7. The highest BCUT2D eigenvalue weighted by Gasteiger charge is 2.18. The summed E-state index contributed by atoms with van der Waals surface area (Å²) in [5, 5.41) is 8.63. The minimum absolute atomic E-state index is 0.195. The first-order valence-electron chi connectivity index (χ1n) is 8.89. The second-order valence-corrected chi connectivity index (χ2v) is 7.62. The van der Waals surface area contributed by atoms with Gasteiger partial charge in [-0.1, -0.05) is 0 Å². The van der Waals surface area contributed by atoms with E-state index in [1.807, 2.05) is 6.26 Å². The van der Waals surface area contributed by atoms with Crippen LogP contribution < -0.4 is 21.7 Å². The lowest BCUT2D eigenvalue weighted by molar-refractivity contribution is -0.117. The van der Waals surface area contributed by atoms with Crippen molar-refractivity contribution in [2.45, 2.75) is 31.3 Å². The molecule has 1 aromatic rings. The van der Waals surface area contributed by atoms with Crippen molar-refractivity contribution >= 4 is 35.1 Å². The SMILES string of the molecule is CSCC[C@H](N)C(=O)Nc1ccc(NC(=O)NC2CCN(C)CC2)cc1. The number of likely N-dealkylation sites (tertiary alicyclic amines) is 1. The van der Waals surface area contributed by atoms with E-state index in [9.17, 15) is 9.59 Å². The number of nitrogens with two attached hydrogens (primary N) is 1. The van der Waals surface area contributed by atoms with Gasteiger partial charge in [0.1, 0.15) is 0 Å². The first-order valence-corrected chi connectivity index (χ1v) is 10.3. The van der Waals surface area contributed by atoms with Gasteiger partial charge in [-0.25, -0.2) is 4.79 Å². The lowest BCUT2D eigenvalue weighted by Crippen LogP contribution is -2.44. The molecule has 1 fully saturated rings. The van der Waals surface area contributed by atoms with Gasteiger partial charge in [0.25, 0.3) is 0 Å². The van der Waals surface area contributed by atoms with Gasteiger partial charge in [-0.3, -0.25) is 4.79 Å². The van der Waals surface area contributed by atoms with E-state index in [4.69, 9.17) is 5.73 Å². The first-order chi connectivity index (χ1) is 12.5. The Morgan fingerprint density at radius 1 is 1.19 bits per heavy atom. The summed E-state index contributed by atoms with van der Waals surface area (Å²) in [6, 6.07) is 6.53. The number of carbonyl (C=O) groups is 2. The Bertz CT molecular complexity index is 588. The van der Waals surface area contributed by atoms with Crippen LogP contribution >= 0.6 is 11.8 Å². The Kier molecular flexibility index (Phi) is 8.21. The van der Waals surface area contributed by atoms with Crippen LogP contribution in [0.4, 0.5) is 16.2 Å². The summed E-state index contributed by atoms with van der Waals surface area (Å²) < 4.78 is 0.